The highest BCUT2D eigenvalue weighted by Crippen LogP contribution is 2.20. The molecule has 1 aromatic carbocycles. The first kappa shape index (κ1) is 21.0. The van der Waals surface area contributed by atoms with Crippen molar-refractivity contribution in [2.24, 2.45) is 0 Å². The van der Waals surface area contributed by atoms with Crippen LogP contribution in [0.1, 0.15) is 53.6 Å². The fourth-order valence-corrected chi connectivity index (χ4v) is 3.99. The molecule has 0 saturated carbocycles. The number of amides is 1. The quantitative estimate of drug-likeness (QED) is 0.661. The van der Waals surface area contributed by atoms with Crippen molar-refractivity contribution in [3.05, 3.63) is 69.4 Å². The van der Waals surface area contributed by atoms with Crippen molar-refractivity contribution >= 4 is 11.6 Å². The Kier molecular flexibility index (Phi) is 5.99. The number of carbonyl (C=O) groups is 1. The molecule has 4 rings (SSSR count). The molecule has 0 spiro atoms. The van der Waals surface area contributed by atoms with Gasteiger partial charge in [0.25, 0.3) is 17.4 Å². The summed E-state index contributed by atoms with van der Waals surface area (Å²) in [5.41, 5.74) is 3.15. The topological polar surface area (TPSA) is 95.9 Å². The number of nitrogens with one attached hydrogen (secondary N) is 2. The van der Waals surface area contributed by atoms with Crippen LogP contribution < -0.4 is 10.9 Å². The van der Waals surface area contributed by atoms with E-state index in [4.69, 9.17) is 0 Å². The van der Waals surface area contributed by atoms with E-state index in [1.54, 1.807) is 0 Å². The number of anilines is 1. The van der Waals surface area contributed by atoms with Crippen LogP contribution in [0.4, 0.5) is 5.69 Å². The fourth-order valence-electron chi connectivity index (χ4n) is 3.99. The number of aryl methyl sites for hydroxylation is 2. The van der Waals surface area contributed by atoms with E-state index in [1.807, 2.05) is 44.2 Å². The standard InChI is InChI=1S/C23H28N6O2/c1-15-12-16(2)25-23(24-15)29-21(30)13-20(27-29)22(31)26-19-9-7-18(8-10-19)14-28-11-5-4-6-17(28)3/h7-10,12-13,17,27H,4-6,11,14H2,1-3H3,(H,26,31). The molecule has 1 fully saturated rings. The molecule has 1 amide bonds. The number of hydrogen-bond acceptors (Lipinski definition) is 5. The average Bonchev–Trinajstić information content (AvgIpc) is 3.12. The third-order valence-electron chi connectivity index (χ3n) is 5.67. The molecule has 1 aliphatic rings. The summed E-state index contributed by atoms with van der Waals surface area (Å²) in [5, 5.41) is 5.64. The van der Waals surface area contributed by atoms with Gasteiger partial charge in [-0.05, 0) is 63.9 Å². The van der Waals surface area contributed by atoms with Crippen molar-refractivity contribution in [3.8, 4) is 5.95 Å². The molecule has 8 heteroatoms. The molecule has 1 saturated heterocycles. The van der Waals surface area contributed by atoms with Crippen molar-refractivity contribution in [2.75, 3.05) is 11.9 Å². The molecule has 1 atom stereocenters. The van der Waals surface area contributed by atoms with Crippen LogP contribution in [-0.4, -0.2) is 43.1 Å². The molecule has 0 radical (unpaired) electrons. The minimum absolute atomic E-state index is 0.152. The van der Waals surface area contributed by atoms with Crippen molar-refractivity contribution < 1.29 is 4.79 Å². The van der Waals surface area contributed by atoms with Crippen molar-refractivity contribution in [3.63, 3.8) is 0 Å². The molecule has 3 aromatic rings. The number of H-pyrrole nitrogens is 1. The molecule has 1 unspecified atom stereocenters. The molecular weight excluding hydrogens is 392 g/mol. The molecule has 0 aliphatic carbocycles. The van der Waals surface area contributed by atoms with Gasteiger partial charge in [-0.25, -0.2) is 9.97 Å². The van der Waals surface area contributed by atoms with Gasteiger partial charge in [0.1, 0.15) is 5.69 Å². The van der Waals surface area contributed by atoms with Crippen LogP contribution in [-0.2, 0) is 6.54 Å². The van der Waals surface area contributed by atoms with Gasteiger partial charge in [-0.3, -0.25) is 19.6 Å². The normalized spacial score (nSPS) is 16.9. The largest absolute Gasteiger partial charge is 0.321 e. The second kappa shape index (κ2) is 8.85. The monoisotopic (exact) mass is 420 g/mol. The predicted octanol–water partition coefficient (Wildman–Crippen LogP) is 3.20. The molecular formula is C23H28N6O2. The summed E-state index contributed by atoms with van der Waals surface area (Å²) in [5.74, 6) is -0.171. The van der Waals surface area contributed by atoms with Crippen LogP contribution in [0.2, 0.25) is 0 Å². The second-order valence-corrected chi connectivity index (χ2v) is 8.26. The summed E-state index contributed by atoms with van der Waals surface area (Å²) in [7, 11) is 0. The van der Waals surface area contributed by atoms with E-state index in [9.17, 15) is 9.59 Å². The Morgan fingerprint density at radius 3 is 2.52 bits per heavy atom. The molecule has 8 nitrogen and oxygen atoms in total. The Morgan fingerprint density at radius 1 is 1.13 bits per heavy atom. The zero-order chi connectivity index (χ0) is 22.0. The third-order valence-corrected chi connectivity index (χ3v) is 5.67. The summed E-state index contributed by atoms with van der Waals surface area (Å²) in [6, 6.07) is 11.5. The lowest BCUT2D eigenvalue weighted by Crippen LogP contribution is -2.36. The molecule has 2 aromatic heterocycles. The van der Waals surface area contributed by atoms with E-state index in [1.165, 1.54) is 35.6 Å². The average molecular weight is 421 g/mol. The lowest BCUT2D eigenvalue weighted by molar-refractivity contribution is 0.102. The van der Waals surface area contributed by atoms with Gasteiger partial charge in [0.15, 0.2) is 0 Å². The SMILES string of the molecule is Cc1cc(C)nc(-n2[nH]c(C(=O)Nc3ccc(CN4CCCCC4C)cc3)cc2=O)n1. The van der Waals surface area contributed by atoms with E-state index in [0.717, 1.165) is 24.5 Å². The molecule has 3 heterocycles. The number of benzene rings is 1. The number of carbonyl (C=O) groups excluding carboxylic acids is 1. The third kappa shape index (κ3) is 4.91. The van der Waals surface area contributed by atoms with E-state index < -0.39 is 5.91 Å². The van der Waals surface area contributed by atoms with Gasteiger partial charge in [-0.15, -0.1) is 0 Å². The van der Waals surface area contributed by atoms with Crippen LogP contribution in [0.5, 0.6) is 0 Å². The van der Waals surface area contributed by atoms with Crippen LogP contribution >= 0.6 is 0 Å². The van der Waals surface area contributed by atoms with Gasteiger partial charge < -0.3 is 5.32 Å². The Balaban J connectivity index is 1.44. The van der Waals surface area contributed by atoms with E-state index in [-0.39, 0.29) is 17.2 Å². The maximum absolute atomic E-state index is 12.6. The first-order valence-electron chi connectivity index (χ1n) is 10.7. The number of likely N-dealkylation sites (tertiary alicyclic amines) is 1. The summed E-state index contributed by atoms with van der Waals surface area (Å²) in [6.45, 7) is 7.99. The maximum atomic E-state index is 12.6. The second-order valence-electron chi connectivity index (χ2n) is 8.26. The highest BCUT2D eigenvalue weighted by Gasteiger charge is 2.18. The minimum atomic E-state index is -0.391. The smallest absolute Gasteiger partial charge is 0.274 e. The first-order valence-corrected chi connectivity index (χ1v) is 10.7. The highest BCUT2D eigenvalue weighted by molar-refractivity contribution is 6.02. The first-order chi connectivity index (χ1) is 14.9. The zero-order valence-corrected chi connectivity index (χ0v) is 18.2. The van der Waals surface area contributed by atoms with Gasteiger partial charge >= 0.3 is 0 Å². The van der Waals surface area contributed by atoms with Gasteiger partial charge in [0.05, 0.1) is 0 Å². The van der Waals surface area contributed by atoms with Crippen molar-refractivity contribution in [1.82, 2.24) is 24.6 Å². The van der Waals surface area contributed by atoms with Crippen LogP contribution in [0.25, 0.3) is 5.95 Å². The molecule has 31 heavy (non-hydrogen) atoms. The van der Waals surface area contributed by atoms with Gasteiger partial charge in [-0.2, -0.15) is 4.68 Å². The Morgan fingerprint density at radius 2 is 1.84 bits per heavy atom. The summed E-state index contributed by atoms with van der Waals surface area (Å²) >= 11 is 0. The molecule has 2 N–H and O–H groups in total. The van der Waals surface area contributed by atoms with Gasteiger partial charge in [0, 0.05) is 35.7 Å². The Hall–Kier alpha value is -3.26. The minimum Gasteiger partial charge on any atom is -0.321 e. The number of hydrogen-bond donors (Lipinski definition) is 2. The van der Waals surface area contributed by atoms with Crippen LogP contribution in [0.15, 0.2) is 41.2 Å². The van der Waals surface area contributed by atoms with E-state index >= 15 is 0 Å². The van der Waals surface area contributed by atoms with Gasteiger partial charge in [-0.1, -0.05) is 18.6 Å². The van der Waals surface area contributed by atoms with Crippen LogP contribution in [0.3, 0.4) is 0 Å². The zero-order valence-electron chi connectivity index (χ0n) is 18.2. The van der Waals surface area contributed by atoms with E-state index in [0.29, 0.717) is 11.7 Å². The molecule has 0 bridgehead atoms. The fraction of sp³-hybridized carbons (Fsp3) is 0.391. The number of aromatic nitrogens is 4. The maximum Gasteiger partial charge on any atom is 0.274 e. The summed E-state index contributed by atoms with van der Waals surface area (Å²) < 4.78 is 1.18. The lowest BCUT2D eigenvalue weighted by Gasteiger charge is -2.33. The number of rotatable bonds is 5. The lowest BCUT2D eigenvalue weighted by atomic mass is 10.0. The molecule has 1 aliphatic heterocycles. The highest BCUT2D eigenvalue weighted by atomic mass is 16.2. The predicted molar refractivity (Wildman–Crippen MR) is 120 cm³/mol. The van der Waals surface area contributed by atoms with Crippen molar-refractivity contribution in [1.29, 1.82) is 0 Å². The van der Waals surface area contributed by atoms with Crippen LogP contribution in [0, 0.1) is 13.8 Å². The Bertz CT molecular complexity index is 1110. The van der Waals surface area contributed by atoms with Crippen molar-refractivity contribution in [2.45, 2.75) is 52.6 Å². The molecule has 162 valence electrons. The van der Waals surface area contributed by atoms with Gasteiger partial charge in [0.2, 0.25) is 0 Å². The number of piperidine rings is 1. The number of aromatic amines is 1. The number of nitrogens with zero attached hydrogens (tertiary/aromatic N) is 4. The Labute approximate surface area is 181 Å². The van der Waals surface area contributed by atoms with E-state index in [2.05, 4.69) is 32.2 Å². The summed E-state index contributed by atoms with van der Waals surface area (Å²) in [6.07, 6.45) is 3.81. The summed E-state index contributed by atoms with van der Waals surface area (Å²) in [4.78, 5) is 36.0.